The summed E-state index contributed by atoms with van der Waals surface area (Å²) in [5.41, 5.74) is 5.33. The highest BCUT2D eigenvalue weighted by atomic mass is 79.9. The zero-order valence-electron chi connectivity index (χ0n) is 8.42. The van der Waals surface area contributed by atoms with E-state index in [0.29, 0.717) is 4.47 Å². The third-order valence-corrected chi connectivity index (χ3v) is 2.36. The van der Waals surface area contributed by atoms with Gasteiger partial charge in [-0.15, -0.1) is 0 Å². The van der Waals surface area contributed by atoms with Gasteiger partial charge in [0.15, 0.2) is 0 Å². The van der Waals surface area contributed by atoms with Crippen LogP contribution in [0.4, 0.5) is 24.9 Å². The van der Waals surface area contributed by atoms with Crippen LogP contribution in [0.5, 0.6) is 0 Å². The molecule has 90 valence electrons. The first kappa shape index (κ1) is 13.0. The lowest BCUT2D eigenvalue weighted by Gasteiger charge is -2.24. The number of hydrogen-bond acceptors (Lipinski definition) is 4. The van der Waals surface area contributed by atoms with E-state index < -0.39 is 12.7 Å². The molecule has 1 rings (SSSR count). The number of rotatable bonds is 3. The van der Waals surface area contributed by atoms with Crippen LogP contribution in [-0.2, 0) is 0 Å². The predicted molar refractivity (Wildman–Crippen MR) is 58.1 cm³/mol. The van der Waals surface area contributed by atoms with Crippen molar-refractivity contribution in [1.29, 1.82) is 0 Å². The van der Waals surface area contributed by atoms with Gasteiger partial charge >= 0.3 is 6.18 Å². The smallest absolute Gasteiger partial charge is 0.368 e. The molecule has 16 heavy (non-hydrogen) atoms. The molecule has 4 nitrogen and oxygen atoms in total. The summed E-state index contributed by atoms with van der Waals surface area (Å²) in [5, 5.41) is 0. The highest BCUT2D eigenvalue weighted by Crippen LogP contribution is 2.26. The van der Waals surface area contributed by atoms with Crippen molar-refractivity contribution in [2.24, 2.45) is 0 Å². The summed E-state index contributed by atoms with van der Waals surface area (Å²) in [7, 11) is 0. The van der Waals surface area contributed by atoms with Gasteiger partial charge in [0.2, 0.25) is 5.95 Å². The molecule has 0 aromatic carbocycles. The lowest BCUT2D eigenvalue weighted by atomic mass is 10.4. The van der Waals surface area contributed by atoms with Gasteiger partial charge in [0.1, 0.15) is 12.4 Å². The molecule has 0 fully saturated rings. The predicted octanol–water partition coefficient (Wildman–Crippen LogP) is 2.21. The molecule has 0 aliphatic rings. The Balaban J connectivity index is 2.99. The minimum atomic E-state index is -4.28. The molecule has 0 atom stereocenters. The molecule has 0 spiro atoms. The van der Waals surface area contributed by atoms with Gasteiger partial charge < -0.3 is 10.6 Å². The van der Waals surface area contributed by atoms with E-state index in [4.69, 9.17) is 5.73 Å². The van der Waals surface area contributed by atoms with E-state index in [1.54, 1.807) is 6.92 Å². The lowest BCUT2D eigenvalue weighted by Crippen LogP contribution is -2.35. The maximum atomic E-state index is 12.3. The third kappa shape index (κ3) is 3.51. The number of nitrogen functional groups attached to an aromatic ring is 1. The van der Waals surface area contributed by atoms with Crippen LogP contribution in [0.25, 0.3) is 0 Å². The first-order valence-corrected chi connectivity index (χ1v) is 5.22. The van der Waals surface area contributed by atoms with Crippen molar-refractivity contribution in [3.05, 3.63) is 10.7 Å². The number of nitrogens with zero attached hydrogens (tertiary/aromatic N) is 3. The van der Waals surface area contributed by atoms with E-state index in [-0.39, 0.29) is 18.3 Å². The Morgan fingerprint density at radius 3 is 2.62 bits per heavy atom. The molecule has 8 heteroatoms. The van der Waals surface area contributed by atoms with Crippen LogP contribution in [-0.4, -0.2) is 29.2 Å². The Bertz CT molecular complexity index is 369. The van der Waals surface area contributed by atoms with Crippen molar-refractivity contribution in [3.63, 3.8) is 0 Å². The first-order chi connectivity index (χ1) is 7.33. The van der Waals surface area contributed by atoms with Crippen LogP contribution >= 0.6 is 15.9 Å². The average Bonchev–Trinajstić information content (AvgIpc) is 2.17. The van der Waals surface area contributed by atoms with E-state index in [1.165, 1.54) is 6.20 Å². The van der Waals surface area contributed by atoms with Crippen LogP contribution in [0.15, 0.2) is 10.7 Å². The monoisotopic (exact) mass is 298 g/mol. The topological polar surface area (TPSA) is 55.0 Å². The number of nitrogens with two attached hydrogens (primary N) is 1. The van der Waals surface area contributed by atoms with E-state index in [0.717, 1.165) is 4.90 Å². The molecular formula is C8H10BrF3N4. The normalized spacial score (nSPS) is 11.6. The van der Waals surface area contributed by atoms with Gasteiger partial charge in [-0.1, -0.05) is 0 Å². The fourth-order valence-electron chi connectivity index (χ4n) is 1.15. The minimum Gasteiger partial charge on any atom is -0.368 e. The van der Waals surface area contributed by atoms with E-state index in [2.05, 4.69) is 25.9 Å². The van der Waals surface area contributed by atoms with Crippen molar-refractivity contribution in [2.75, 3.05) is 23.7 Å². The SMILES string of the molecule is CCN(CC(F)(F)F)c1nc(N)ncc1Br. The summed E-state index contributed by atoms with van der Waals surface area (Å²) >= 11 is 3.09. The second kappa shape index (κ2) is 4.86. The molecule has 0 saturated heterocycles. The number of aromatic nitrogens is 2. The molecular weight excluding hydrogens is 289 g/mol. The van der Waals surface area contributed by atoms with Gasteiger partial charge in [0.05, 0.1) is 4.47 Å². The summed E-state index contributed by atoms with van der Waals surface area (Å²) in [6, 6.07) is 0. The van der Waals surface area contributed by atoms with Crippen molar-refractivity contribution >= 4 is 27.7 Å². The molecule has 1 heterocycles. The maximum Gasteiger partial charge on any atom is 0.405 e. The molecule has 0 radical (unpaired) electrons. The van der Waals surface area contributed by atoms with Crippen LogP contribution < -0.4 is 10.6 Å². The fourth-order valence-corrected chi connectivity index (χ4v) is 1.59. The number of hydrogen-bond donors (Lipinski definition) is 1. The Morgan fingerprint density at radius 1 is 1.50 bits per heavy atom. The Labute approximate surface area is 98.8 Å². The standard InChI is InChI=1S/C8H10BrF3N4/c1-2-16(4-8(10,11)12)6-5(9)3-14-7(13)15-6/h3H,2,4H2,1H3,(H2,13,14,15). The number of anilines is 2. The number of halogens is 4. The van der Waals surface area contributed by atoms with Crippen molar-refractivity contribution in [2.45, 2.75) is 13.1 Å². The molecule has 0 aliphatic carbocycles. The minimum absolute atomic E-state index is 0.0566. The van der Waals surface area contributed by atoms with E-state index in [1.807, 2.05) is 0 Å². The van der Waals surface area contributed by atoms with Gasteiger partial charge in [-0.3, -0.25) is 0 Å². The van der Waals surface area contributed by atoms with Crippen LogP contribution in [0.2, 0.25) is 0 Å². The Hall–Kier alpha value is -1.05. The van der Waals surface area contributed by atoms with Gasteiger partial charge in [0, 0.05) is 12.7 Å². The largest absolute Gasteiger partial charge is 0.405 e. The zero-order chi connectivity index (χ0) is 12.3. The third-order valence-electron chi connectivity index (χ3n) is 1.80. The highest BCUT2D eigenvalue weighted by Gasteiger charge is 2.31. The molecule has 0 saturated carbocycles. The molecule has 0 aliphatic heterocycles. The zero-order valence-corrected chi connectivity index (χ0v) is 10.0. The highest BCUT2D eigenvalue weighted by molar-refractivity contribution is 9.10. The summed E-state index contributed by atoms with van der Waals surface area (Å²) in [5.74, 6) is 0.0890. The van der Waals surface area contributed by atoms with E-state index in [9.17, 15) is 13.2 Å². The fraction of sp³-hybridized carbons (Fsp3) is 0.500. The quantitative estimate of drug-likeness (QED) is 0.929. The molecule has 1 aromatic heterocycles. The Kier molecular flexibility index (Phi) is 3.95. The van der Waals surface area contributed by atoms with Gasteiger partial charge in [-0.25, -0.2) is 4.98 Å². The summed E-state index contributed by atoms with van der Waals surface area (Å²) < 4.78 is 37.2. The van der Waals surface area contributed by atoms with Gasteiger partial charge in [-0.05, 0) is 22.9 Å². The summed E-state index contributed by atoms with van der Waals surface area (Å²) in [4.78, 5) is 8.51. The molecule has 2 N–H and O–H groups in total. The van der Waals surface area contributed by atoms with Gasteiger partial charge in [-0.2, -0.15) is 18.2 Å². The van der Waals surface area contributed by atoms with Crippen molar-refractivity contribution in [1.82, 2.24) is 9.97 Å². The van der Waals surface area contributed by atoms with Crippen molar-refractivity contribution < 1.29 is 13.2 Å². The van der Waals surface area contributed by atoms with Crippen LogP contribution in [0.3, 0.4) is 0 Å². The second-order valence-electron chi connectivity index (χ2n) is 3.03. The van der Waals surface area contributed by atoms with Crippen LogP contribution in [0, 0.1) is 0 Å². The molecule has 0 bridgehead atoms. The van der Waals surface area contributed by atoms with Gasteiger partial charge in [0.25, 0.3) is 0 Å². The molecule has 0 amide bonds. The molecule has 0 unspecified atom stereocenters. The summed E-state index contributed by atoms with van der Waals surface area (Å²) in [6.45, 7) is 0.712. The Morgan fingerprint density at radius 2 is 2.12 bits per heavy atom. The maximum absolute atomic E-state index is 12.3. The van der Waals surface area contributed by atoms with E-state index >= 15 is 0 Å². The average molecular weight is 299 g/mol. The first-order valence-electron chi connectivity index (χ1n) is 4.43. The summed E-state index contributed by atoms with van der Waals surface area (Å²) in [6.07, 6.45) is -2.95. The molecule has 1 aromatic rings. The van der Waals surface area contributed by atoms with Crippen LogP contribution in [0.1, 0.15) is 6.92 Å². The van der Waals surface area contributed by atoms with Crippen molar-refractivity contribution in [3.8, 4) is 0 Å². The number of alkyl halides is 3. The second-order valence-corrected chi connectivity index (χ2v) is 3.88. The lowest BCUT2D eigenvalue weighted by molar-refractivity contribution is -0.119.